The Morgan fingerprint density at radius 3 is 2.38 bits per heavy atom. The van der Waals surface area contributed by atoms with Gasteiger partial charge in [-0.2, -0.15) is 13.2 Å². The first-order valence-corrected chi connectivity index (χ1v) is 7.02. The minimum absolute atomic E-state index is 0.0167. The average Bonchev–Trinajstić information content (AvgIpc) is 3.08. The zero-order valence-corrected chi connectivity index (χ0v) is 12.0. The first-order valence-electron chi connectivity index (χ1n) is 7.02. The summed E-state index contributed by atoms with van der Waals surface area (Å²) in [6.45, 7) is 0. The molecule has 0 bridgehead atoms. The lowest BCUT2D eigenvalue weighted by Gasteiger charge is -2.07. The molecule has 1 aromatic carbocycles. The predicted molar refractivity (Wildman–Crippen MR) is 81.3 cm³/mol. The van der Waals surface area contributed by atoms with Crippen molar-refractivity contribution in [2.45, 2.75) is 6.18 Å². The maximum atomic E-state index is 13.7. The molecule has 0 saturated carbocycles. The fourth-order valence-corrected chi connectivity index (χ4v) is 3.06. The molecule has 0 aliphatic heterocycles. The van der Waals surface area contributed by atoms with Gasteiger partial charge < -0.3 is 5.11 Å². The molecule has 3 heterocycles. The molecule has 4 aromatic rings. The Hall–Kier alpha value is -3.09. The van der Waals surface area contributed by atoms with E-state index in [4.69, 9.17) is 0 Å². The van der Waals surface area contributed by atoms with Gasteiger partial charge in [-0.3, -0.25) is 4.40 Å². The predicted octanol–water partition coefficient (Wildman–Crippen LogP) is 4.31. The largest absolute Gasteiger partial charge is 0.478 e. The zero-order chi connectivity index (χ0) is 17.1. The van der Waals surface area contributed by atoms with Crippen LogP contribution in [-0.2, 0) is 6.18 Å². The number of carbonyl (C=O) groups is 1. The van der Waals surface area contributed by atoms with Gasteiger partial charge in [-0.25, -0.2) is 9.78 Å². The third-order valence-corrected chi connectivity index (χ3v) is 3.93. The highest BCUT2D eigenvalue weighted by molar-refractivity contribution is 6.05. The van der Waals surface area contributed by atoms with Gasteiger partial charge >= 0.3 is 12.1 Å². The van der Waals surface area contributed by atoms with Crippen molar-refractivity contribution < 1.29 is 23.1 Å². The Labute approximate surface area is 133 Å². The van der Waals surface area contributed by atoms with E-state index in [0.29, 0.717) is 5.56 Å². The number of hydrogen-bond donors (Lipinski definition) is 1. The van der Waals surface area contributed by atoms with Crippen molar-refractivity contribution in [1.82, 2.24) is 9.38 Å². The summed E-state index contributed by atoms with van der Waals surface area (Å²) in [5.74, 6) is -1.61. The summed E-state index contributed by atoms with van der Waals surface area (Å²) in [5, 5.41) is 9.36. The van der Waals surface area contributed by atoms with Gasteiger partial charge in [0.05, 0.1) is 27.9 Å². The topological polar surface area (TPSA) is 54.6 Å². The van der Waals surface area contributed by atoms with Gasteiger partial charge in [0.2, 0.25) is 0 Å². The molecule has 0 fully saturated rings. The van der Waals surface area contributed by atoms with Crippen LogP contribution in [0, 0.1) is 0 Å². The maximum absolute atomic E-state index is 13.7. The molecule has 0 spiro atoms. The molecule has 0 unspecified atom stereocenters. The molecule has 7 heteroatoms. The van der Waals surface area contributed by atoms with Crippen molar-refractivity contribution >= 4 is 22.6 Å². The van der Waals surface area contributed by atoms with E-state index in [2.05, 4.69) is 4.98 Å². The van der Waals surface area contributed by atoms with Gasteiger partial charge in [0, 0.05) is 5.56 Å². The molecule has 0 aliphatic rings. The zero-order valence-electron chi connectivity index (χ0n) is 12.0. The number of aromatic nitrogens is 2. The Bertz CT molecular complexity index is 1070. The third kappa shape index (κ3) is 1.87. The van der Waals surface area contributed by atoms with Crippen LogP contribution in [0.3, 0.4) is 0 Å². The molecule has 0 saturated heterocycles. The van der Waals surface area contributed by atoms with Crippen molar-refractivity contribution in [3.05, 3.63) is 59.7 Å². The molecule has 120 valence electrons. The Kier molecular flexibility index (Phi) is 2.84. The Morgan fingerprint density at radius 2 is 1.75 bits per heavy atom. The second-order valence-corrected chi connectivity index (χ2v) is 5.33. The van der Waals surface area contributed by atoms with E-state index < -0.39 is 23.3 Å². The average molecular weight is 330 g/mol. The van der Waals surface area contributed by atoms with Crippen LogP contribution in [0.15, 0.2) is 48.5 Å². The van der Waals surface area contributed by atoms with Crippen LogP contribution >= 0.6 is 0 Å². The van der Waals surface area contributed by atoms with Crippen molar-refractivity contribution in [3.8, 4) is 11.3 Å². The van der Waals surface area contributed by atoms with E-state index in [-0.39, 0.29) is 22.4 Å². The van der Waals surface area contributed by atoms with Crippen molar-refractivity contribution in [3.63, 3.8) is 0 Å². The number of alkyl halides is 3. The van der Waals surface area contributed by atoms with Gasteiger partial charge in [-0.1, -0.05) is 36.4 Å². The number of benzene rings is 1. The molecule has 0 atom stereocenters. The van der Waals surface area contributed by atoms with Crippen molar-refractivity contribution in [2.24, 2.45) is 0 Å². The normalized spacial score (nSPS) is 12.3. The number of hydrogen-bond acceptors (Lipinski definition) is 2. The minimum atomic E-state index is -4.81. The number of nitrogens with zero attached hydrogens (tertiary/aromatic N) is 2. The fourth-order valence-electron chi connectivity index (χ4n) is 3.06. The van der Waals surface area contributed by atoms with Crippen LogP contribution < -0.4 is 0 Å². The van der Waals surface area contributed by atoms with E-state index in [1.807, 2.05) is 0 Å². The monoisotopic (exact) mass is 330 g/mol. The quantitative estimate of drug-likeness (QED) is 0.596. The van der Waals surface area contributed by atoms with Crippen LogP contribution in [0.2, 0.25) is 0 Å². The smallest absolute Gasteiger partial charge is 0.419 e. The van der Waals surface area contributed by atoms with Crippen molar-refractivity contribution in [1.29, 1.82) is 0 Å². The van der Waals surface area contributed by atoms with Crippen LogP contribution in [0.5, 0.6) is 0 Å². The second-order valence-electron chi connectivity index (χ2n) is 5.33. The molecule has 4 rings (SSSR count). The SMILES string of the molecule is O=C(O)c1c(C(F)(F)F)c2c(-c3ccccc3)nc3cccc1n32. The maximum Gasteiger partial charge on any atom is 0.419 e. The number of imidazole rings is 1. The summed E-state index contributed by atoms with van der Waals surface area (Å²) in [6, 6.07) is 12.8. The first-order chi connectivity index (χ1) is 11.4. The van der Waals surface area contributed by atoms with E-state index in [1.54, 1.807) is 36.4 Å². The first kappa shape index (κ1) is 14.5. The summed E-state index contributed by atoms with van der Waals surface area (Å²) in [5.41, 5.74) is -1.26. The number of rotatable bonds is 2. The molecule has 0 aliphatic carbocycles. The highest BCUT2D eigenvalue weighted by Crippen LogP contribution is 2.43. The van der Waals surface area contributed by atoms with Gasteiger partial charge in [0.25, 0.3) is 0 Å². The highest BCUT2D eigenvalue weighted by Gasteiger charge is 2.42. The Morgan fingerprint density at radius 1 is 1.04 bits per heavy atom. The highest BCUT2D eigenvalue weighted by atomic mass is 19.4. The number of aromatic carboxylic acids is 1. The minimum Gasteiger partial charge on any atom is -0.478 e. The molecular formula is C17H9F3N2O2. The van der Waals surface area contributed by atoms with Crippen LogP contribution in [-0.4, -0.2) is 20.5 Å². The molecule has 0 amide bonds. The van der Waals surface area contributed by atoms with E-state index in [0.717, 1.165) is 0 Å². The van der Waals surface area contributed by atoms with Crippen LogP contribution in [0.1, 0.15) is 15.9 Å². The molecular weight excluding hydrogens is 321 g/mol. The van der Waals surface area contributed by atoms with E-state index in [1.165, 1.54) is 16.5 Å². The van der Waals surface area contributed by atoms with Crippen LogP contribution in [0.4, 0.5) is 13.2 Å². The third-order valence-electron chi connectivity index (χ3n) is 3.93. The lowest BCUT2D eigenvalue weighted by molar-refractivity contribution is -0.136. The number of pyridine rings is 1. The van der Waals surface area contributed by atoms with Crippen molar-refractivity contribution in [2.75, 3.05) is 0 Å². The number of halogens is 3. The molecule has 4 nitrogen and oxygen atoms in total. The van der Waals surface area contributed by atoms with Gasteiger partial charge in [-0.05, 0) is 12.1 Å². The van der Waals surface area contributed by atoms with Gasteiger partial charge in [0.1, 0.15) is 5.65 Å². The standard InChI is InChI=1S/C17H9F3N2O2/c18-17(19,20)13-12(16(23)24)10-7-4-8-11-21-14(15(13)22(10)11)9-5-2-1-3-6-9/h1-8H,(H,23,24). The van der Waals surface area contributed by atoms with E-state index >= 15 is 0 Å². The molecule has 24 heavy (non-hydrogen) atoms. The molecule has 3 aromatic heterocycles. The fraction of sp³-hybridized carbons (Fsp3) is 0.0588. The number of carboxylic acid groups (broad SMARTS) is 1. The number of carboxylic acids is 1. The summed E-state index contributed by atoms with van der Waals surface area (Å²) >= 11 is 0. The summed E-state index contributed by atoms with van der Waals surface area (Å²) in [4.78, 5) is 15.8. The van der Waals surface area contributed by atoms with Crippen LogP contribution in [0.25, 0.3) is 27.9 Å². The van der Waals surface area contributed by atoms with Gasteiger partial charge in [0.15, 0.2) is 0 Å². The molecule has 1 N–H and O–H groups in total. The summed E-state index contributed by atoms with van der Waals surface area (Å²) < 4.78 is 42.3. The lowest BCUT2D eigenvalue weighted by Crippen LogP contribution is -2.11. The second kappa shape index (κ2) is 4.70. The van der Waals surface area contributed by atoms with Gasteiger partial charge in [-0.15, -0.1) is 0 Å². The lowest BCUT2D eigenvalue weighted by atomic mass is 10.1. The summed E-state index contributed by atoms with van der Waals surface area (Å²) in [6.07, 6.45) is -4.81. The molecule has 0 radical (unpaired) electrons. The summed E-state index contributed by atoms with van der Waals surface area (Å²) in [7, 11) is 0. The van der Waals surface area contributed by atoms with E-state index in [9.17, 15) is 23.1 Å². The Balaban J connectivity index is 2.26.